The van der Waals surface area contributed by atoms with Gasteiger partial charge in [-0.3, -0.25) is 0 Å². The molecule has 3 rings (SSSR count). The van der Waals surface area contributed by atoms with Crippen molar-refractivity contribution in [2.45, 2.75) is 13.0 Å². The van der Waals surface area contributed by atoms with Gasteiger partial charge in [-0.2, -0.15) is 0 Å². The Morgan fingerprint density at radius 2 is 2.10 bits per heavy atom. The molecule has 0 amide bonds. The van der Waals surface area contributed by atoms with Gasteiger partial charge in [-0.15, -0.1) is 23.7 Å². The fourth-order valence-electron chi connectivity index (χ4n) is 2.17. The quantitative estimate of drug-likeness (QED) is 0.907. The van der Waals surface area contributed by atoms with Gasteiger partial charge >= 0.3 is 0 Å². The van der Waals surface area contributed by atoms with E-state index in [0.717, 1.165) is 34.4 Å². The van der Waals surface area contributed by atoms with Crippen LogP contribution in [-0.2, 0) is 4.74 Å². The Morgan fingerprint density at radius 1 is 1.35 bits per heavy atom. The van der Waals surface area contributed by atoms with Crippen LogP contribution in [0.1, 0.15) is 15.9 Å². The third-order valence-electron chi connectivity index (χ3n) is 3.15. The molecule has 3 nitrogen and oxygen atoms in total. The molecule has 1 aliphatic rings. The maximum absolute atomic E-state index is 5.92. The van der Waals surface area contributed by atoms with Gasteiger partial charge in [0.25, 0.3) is 0 Å². The summed E-state index contributed by atoms with van der Waals surface area (Å²) in [5.41, 5.74) is 2.16. The molecule has 1 saturated heterocycles. The van der Waals surface area contributed by atoms with Crippen LogP contribution in [0, 0.1) is 6.92 Å². The predicted molar refractivity (Wildman–Crippen MR) is 86.1 cm³/mol. The van der Waals surface area contributed by atoms with Crippen LogP contribution in [0.25, 0.3) is 11.3 Å². The molecule has 20 heavy (non-hydrogen) atoms. The van der Waals surface area contributed by atoms with E-state index >= 15 is 0 Å². The summed E-state index contributed by atoms with van der Waals surface area (Å²) < 4.78 is 5.49. The molecule has 0 radical (unpaired) electrons. The summed E-state index contributed by atoms with van der Waals surface area (Å²) in [6.45, 7) is 4.48. The van der Waals surface area contributed by atoms with Crippen molar-refractivity contribution in [1.82, 2.24) is 10.3 Å². The van der Waals surface area contributed by atoms with Gasteiger partial charge in [0.1, 0.15) is 5.01 Å². The van der Waals surface area contributed by atoms with Crippen LogP contribution in [0.2, 0.25) is 5.02 Å². The zero-order valence-electron chi connectivity index (χ0n) is 11.1. The standard InChI is InChI=1S/C14H15ClN2OS.ClH/c1-9-13(10-2-4-11(15)5-3-10)17-14(19-9)12-8-18-7-6-16-12;/h2-5,12,16H,6-8H2,1H3;1H. The summed E-state index contributed by atoms with van der Waals surface area (Å²) in [5.74, 6) is 0. The number of halogens is 2. The van der Waals surface area contributed by atoms with Crippen LogP contribution >= 0.6 is 35.3 Å². The summed E-state index contributed by atoms with van der Waals surface area (Å²) >= 11 is 7.65. The molecule has 108 valence electrons. The highest BCUT2D eigenvalue weighted by atomic mass is 35.5. The number of ether oxygens (including phenoxy) is 1. The van der Waals surface area contributed by atoms with Gasteiger partial charge in [0.2, 0.25) is 0 Å². The molecule has 2 heterocycles. The molecular formula is C14H16Cl2N2OS. The highest BCUT2D eigenvalue weighted by Crippen LogP contribution is 2.31. The Bertz CT molecular complexity index is 565. The first kappa shape index (κ1) is 15.7. The number of thiazole rings is 1. The fraction of sp³-hybridized carbons (Fsp3) is 0.357. The van der Waals surface area contributed by atoms with Crippen LogP contribution in [-0.4, -0.2) is 24.7 Å². The molecule has 2 aromatic rings. The maximum Gasteiger partial charge on any atom is 0.113 e. The van der Waals surface area contributed by atoms with Crippen molar-refractivity contribution in [3.63, 3.8) is 0 Å². The third-order valence-corrected chi connectivity index (χ3v) is 4.49. The lowest BCUT2D eigenvalue weighted by Gasteiger charge is -2.21. The highest BCUT2D eigenvalue weighted by Gasteiger charge is 2.20. The van der Waals surface area contributed by atoms with Gasteiger partial charge in [0, 0.05) is 22.0 Å². The number of nitrogens with one attached hydrogen (secondary N) is 1. The summed E-state index contributed by atoms with van der Waals surface area (Å²) in [6.07, 6.45) is 0. The number of morpholine rings is 1. The molecule has 1 unspecified atom stereocenters. The van der Waals surface area contributed by atoms with E-state index in [2.05, 4.69) is 12.2 Å². The van der Waals surface area contributed by atoms with Gasteiger partial charge < -0.3 is 10.1 Å². The van der Waals surface area contributed by atoms with Gasteiger partial charge in [-0.05, 0) is 19.1 Å². The first-order valence-electron chi connectivity index (χ1n) is 6.28. The SMILES string of the molecule is Cc1sc(C2COCCN2)nc1-c1ccc(Cl)cc1.Cl. The number of hydrogen-bond acceptors (Lipinski definition) is 4. The normalized spacial score (nSPS) is 18.6. The van der Waals surface area contributed by atoms with Gasteiger partial charge in [-0.25, -0.2) is 4.98 Å². The average Bonchev–Trinajstić information content (AvgIpc) is 2.83. The van der Waals surface area contributed by atoms with E-state index in [1.54, 1.807) is 11.3 Å². The molecule has 1 aromatic carbocycles. The third kappa shape index (κ3) is 3.32. The maximum atomic E-state index is 5.92. The molecule has 1 atom stereocenters. The van der Waals surface area contributed by atoms with Crippen LogP contribution in [0.3, 0.4) is 0 Å². The van der Waals surface area contributed by atoms with Crippen LogP contribution in [0.4, 0.5) is 0 Å². The number of aromatic nitrogens is 1. The van der Waals surface area contributed by atoms with Crippen molar-refractivity contribution in [2.75, 3.05) is 19.8 Å². The van der Waals surface area contributed by atoms with Gasteiger partial charge in [0.15, 0.2) is 0 Å². The lowest BCUT2D eigenvalue weighted by molar-refractivity contribution is 0.0768. The minimum Gasteiger partial charge on any atom is -0.378 e. The molecule has 1 aromatic heterocycles. The minimum absolute atomic E-state index is 0. The number of rotatable bonds is 2. The van der Waals surface area contributed by atoms with Crippen LogP contribution in [0.15, 0.2) is 24.3 Å². The topological polar surface area (TPSA) is 34.1 Å². The lowest BCUT2D eigenvalue weighted by Crippen LogP contribution is -2.34. The Morgan fingerprint density at radius 3 is 2.75 bits per heavy atom. The number of nitrogens with zero attached hydrogens (tertiary/aromatic N) is 1. The average molecular weight is 331 g/mol. The lowest BCUT2D eigenvalue weighted by atomic mass is 10.1. The molecule has 0 spiro atoms. The number of aryl methyl sites for hydroxylation is 1. The second-order valence-electron chi connectivity index (χ2n) is 4.55. The molecule has 1 N–H and O–H groups in total. The van der Waals surface area contributed by atoms with Crippen molar-refractivity contribution >= 4 is 35.3 Å². The van der Waals surface area contributed by atoms with E-state index in [1.807, 2.05) is 24.3 Å². The second kappa shape index (κ2) is 6.87. The van der Waals surface area contributed by atoms with E-state index in [1.165, 1.54) is 4.88 Å². The number of benzene rings is 1. The highest BCUT2D eigenvalue weighted by molar-refractivity contribution is 7.12. The second-order valence-corrected chi connectivity index (χ2v) is 6.22. The number of hydrogen-bond donors (Lipinski definition) is 1. The van der Waals surface area contributed by atoms with Crippen LogP contribution < -0.4 is 5.32 Å². The Labute approximate surface area is 133 Å². The Hall–Kier alpha value is -0.650. The Kier molecular flexibility index (Phi) is 5.41. The van der Waals surface area contributed by atoms with Crippen LogP contribution in [0.5, 0.6) is 0 Å². The van der Waals surface area contributed by atoms with Crippen molar-refractivity contribution in [3.8, 4) is 11.3 Å². The summed E-state index contributed by atoms with van der Waals surface area (Å²) in [6, 6.07) is 8.05. The molecular weight excluding hydrogens is 315 g/mol. The van der Waals surface area contributed by atoms with Gasteiger partial charge in [-0.1, -0.05) is 23.7 Å². The van der Waals surface area contributed by atoms with E-state index < -0.39 is 0 Å². The van der Waals surface area contributed by atoms with Crippen molar-refractivity contribution in [2.24, 2.45) is 0 Å². The van der Waals surface area contributed by atoms with E-state index in [9.17, 15) is 0 Å². The van der Waals surface area contributed by atoms with Crippen molar-refractivity contribution < 1.29 is 4.74 Å². The summed E-state index contributed by atoms with van der Waals surface area (Å²) in [7, 11) is 0. The summed E-state index contributed by atoms with van der Waals surface area (Å²) in [5, 5.41) is 5.29. The molecule has 1 fully saturated rings. The minimum atomic E-state index is 0. The molecule has 1 aliphatic heterocycles. The van der Waals surface area contributed by atoms with E-state index in [4.69, 9.17) is 21.3 Å². The molecule has 0 aliphatic carbocycles. The molecule has 0 bridgehead atoms. The monoisotopic (exact) mass is 330 g/mol. The zero-order valence-corrected chi connectivity index (χ0v) is 13.4. The van der Waals surface area contributed by atoms with E-state index in [0.29, 0.717) is 6.61 Å². The first-order valence-corrected chi connectivity index (χ1v) is 7.48. The van der Waals surface area contributed by atoms with Crippen molar-refractivity contribution in [3.05, 3.63) is 39.2 Å². The smallest absolute Gasteiger partial charge is 0.113 e. The predicted octanol–water partition coefficient (Wildman–Crippen LogP) is 3.85. The largest absolute Gasteiger partial charge is 0.378 e. The van der Waals surface area contributed by atoms with E-state index in [-0.39, 0.29) is 18.4 Å². The first-order chi connectivity index (χ1) is 9.24. The zero-order chi connectivity index (χ0) is 13.2. The van der Waals surface area contributed by atoms with Gasteiger partial charge in [0.05, 0.1) is 24.9 Å². The fourth-order valence-corrected chi connectivity index (χ4v) is 3.30. The molecule has 6 heteroatoms. The van der Waals surface area contributed by atoms with Crippen molar-refractivity contribution in [1.29, 1.82) is 0 Å². The molecule has 0 saturated carbocycles. The summed E-state index contributed by atoms with van der Waals surface area (Å²) in [4.78, 5) is 5.99. The Balaban J connectivity index is 0.00000147.